The SMILES string of the molecule is CCCCCCCC/C=C\C/C=C\CCC(=O)NC(COC1OC(CO)C(O)C(O)C1O)C(O)/C=C/CCCCCCCCCCCCCCCCCCCC. The van der Waals surface area contributed by atoms with E-state index in [0.29, 0.717) is 6.42 Å². The third kappa shape index (κ3) is 27.9. The van der Waals surface area contributed by atoms with E-state index >= 15 is 0 Å². The smallest absolute Gasteiger partial charge is 0.220 e. The number of ether oxygens (including phenoxy) is 2. The second-order valence-corrected chi connectivity index (χ2v) is 16.2. The molecule has 9 heteroatoms. The van der Waals surface area contributed by atoms with Crippen molar-refractivity contribution in [1.82, 2.24) is 5.32 Å². The first kappa shape index (κ1) is 52.4. The first-order valence-electron chi connectivity index (χ1n) is 23.2. The molecule has 0 radical (unpaired) electrons. The van der Waals surface area contributed by atoms with E-state index in [0.717, 1.165) is 32.1 Å². The molecule has 7 atom stereocenters. The lowest BCUT2D eigenvalue weighted by atomic mass is 9.99. The van der Waals surface area contributed by atoms with E-state index in [1.807, 2.05) is 12.2 Å². The lowest BCUT2D eigenvalue weighted by Gasteiger charge is -2.40. The third-order valence-corrected chi connectivity index (χ3v) is 11.0. The molecule has 1 rings (SSSR count). The maximum Gasteiger partial charge on any atom is 0.220 e. The van der Waals surface area contributed by atoms with Gasteiger partial charge in [-0.25, -0.2) is 0 Å². The van der Waals surface area contributed by atoms with Crippen LogP contribution in [-0.4, -0.2) is 87.5 Å². The summed E-state index contributed by atoms with van der Waals surface area (Å²) >= 11 is 0. The van der Waals surface area contributed by atoms with Crippen LogP contribution in [0.3, 0.4) is 0 Å². The van der Waals surface area contributed by atoms with Gasteiger partial charge in [-0.1, -0.05) is 192 Å². The highest BCUT2D eigenvalue weighted by Gasteiger charge is 2.44. The van der Waals surface area contributed by atoms with Crippen molar-refractivity contribution in [2.75, 3.05) is 13.2 Å². The maximum absolute atomic E-state index is 12.9. The predicted octanol–water partition coefficient (Wildman–Crippen LogP) is 9.67. The van der Waals surface area contributed by atoms with E-state index in [2.05, 4.69) is 37.4 Å². The molecule has 1 heterocycles. The molecule has 0 bridgehead atoms. The number of amides is 1. The summed E-state index contributed by atoms with van der Waals surface area (Å²) in [6.45, 7) is 3.73. The molecule has 0 aromatic heterocycles. The van der Waals surface area contributed by atoms with Crippen molar-refractivity contribution in [3.05, 3.63) is 36.5 Å². The number of hydrogen-bond donors (Lipinski definition) is 6. The van der Waals surface area contributed by atoms with Gasteiger partial charge in [0, 0.05) is 6.42 Å². The summed E-state index contributed by atoms with van der Waals surface area (Å²) in [6, 6.07) is -0.833. The van der Waals surface area contributed by atoms with Crippen LogP contribution in [0.15, 0.2) is 36.5 Å². The molecule has 0 aromatic rings. The Morgan fingerprint density at radius 1 is 0.607 bits per heavy atom. The standard InChI is InChI=1S/C47H87NO8/c1-3-5-7-9-11-13-15-17-18-19-20-21-22-23-25-26-28-30-32-34-36-41(50)40(39-55-47-46(54)45(53)44(52)42(38-49)56-47)48-43(51)37-35-33-31-29-27-24-16-14-12-10-8-6-4-2/h24,27,31,33-34,36,40-42,44-47,49-50,52-54H,3-23,25-26,28-30,32,35,37-39H2,1-2H3,(H,48,51)/b27-24-,33-31-,36-34+. The number of unbranched alkanes of at least 4 members (excludes halogenated alkanes) is 24. The fourth-order valence-electron chi connectivity index (χ4n) is 7.21. The molecule has 0 saturated carbocycles. The maximum atomic E-state index is 12.9. The van der Waals surface area contributed by atoms with Crippen LogP contribution in [0.4, 0.5) is 0 Å². The Bertz CT molecular complexity index is 972. The van der Waals surface area contributed by atoms with E-state index in [-0.39, 0.29) is 18.9 Å². The van der Waals surface area contributed by atoms with E-state index in [4.69, 9.17) is 9.47 Å². The van der Waals surface area contributed by atoms with Crippen molar-refractivity contribution in [2.24, 2.45) is 0 Å². The normalized spacial score (nSPS) is 21.4. The fourth-order valence-corrected chi connectivity index (χ4v) is 7.21. The first-order chi connectivity index (χ1) is 27.3. The fraction of sp³-hybridized carbons (Fsp3) is 0.851. The Hall–Kier alpha value is -1.59. The number of carbonyl (C=O) groups is 1. The average molecular weight is 794 g/mol. The number of allylic oxidation sites excluding steroid dienone is 5. The largest absolute Gasteiger partial charge is 0.394 e. The predicted molar refractivity (Wildman–Crippen MR) is 230 cm³/mol. The summed E-state index contributed by atoms with van der Waals surface area (Å²) < 4.78 is 11.2. The second kappa shape index (κ2) is 37.7. The van der Waals surface area contributed by atoms with Crippen LogP contribution in [0, 0.1) is 0 Å². The molecule has 56 heavy (non-hydrogen) atoms. The minimum absolute atomic E-state index is 0.210. The van der Waals surface area contributed by atoms with Gasteiger partial charge in [0.25, 0.3) is 0 Å². The highest BCUT2D eigenvalue weighted by Crippen LogP contribution is 2.22. The monoisotopic (exact) mass is 794 g/mol. The topological polar surface area (TPSA) is 149 Å². The highest BCUT2D eigenvalue weighted by molar-refractivity contribution is 5.76. The van der Waals surface area contributed by atoms with Crippen molar-refractivity contribution < 1.29 is 39.8 Å². The molecule has 1 amide bonds. The van der Waals surface area contributed by atoms with E-state index < -0.39 is 49.5 Å². The molecule has 328 valence electrons. The number of nitrogens with one attached hydrogen (secondary N) is 1. The summed E-state index contributed by atoms with van der Waals surface area (Å²) in [6.07, 6.45) is 39.2. The van der Waals surface area contributed by atoms with E-state index in [1.54, 1.807) is 6.08 Å². The first-order valence-corrected chi connectivity index (χ1v) is 23.2. The summed E-state index contributed by atoms with van der Waals surface area (Å²) in [5.41, 5.74) is 0. The van der Waals surface area contributed by atoms with Crippen molar-refractivity contribution >= 4 is 5.91 Å². The lowest BCUT2D eigenvalue weighted by molar-refractivity contribution is -0.302. The van der Waals surface area contributed by atoms with Crippen LogP contribution in [0.1, 0.15) is 200 Å². The van der Waals surface area contributed by atoms with Gasteiger partial charge < -0.3 is 40.3 Å². The summed E-state index contributed by atoms with van der Waals surface area (Å²) in [4.78, 5) is 12.9. The molecule has 0 aromatic carbocycles. The van der Waals surface area contributed by atoms with Gasteiger partial charge in [0.2, 0.25) is 5.91 Å². The summed E-state index contributed by atoms with van der Waals surface area (Å²) in [5, 5.41) is 54.1. The van der Waals surface area contributed by atoms with Crippen molar-refractivity contribution in [3.8, 4) is 0 Å². The van der Waals surface area contributed by atoms with Crippen LogP contribution in [0.5, 0.6) is 0 Å². The number of rotatable bonds is 38. The lowest BCUT2D eigenvalue weighted by Crippen LogP contribution is -2.60. The van der Waals surface area contributed by atoms with Crippen molar-refractivity contribution in [2.45, 2.75) is 243 Å². The zero-order chi connectivity index (χ0) is 40.9. The Morgan fingerprint density at radius 2 is 1.05 bits per heavy atom. The van der Waals surface area contributed by atoms with Crippen molar-refractivity contribution in [3.63, 3.8) is 0 Å². The Labute approximate surface area is 342 Å². The molecule has 7 unspecified atom stereocenters. The Morgan fingerprint density at radius 3 is 1.54 bits per heavy atom. The highest BCUT2D eigenvalue weighted by atomic mass is 16.7. The number of carbonyl (C=O) groups excluding carboxylic acids is 1. The van der Waals surface area contributed by atoms with E-state index in [9.17, 15) is 30.3 Å². The minimum atomic E-state index is -1.57. The molecule has 1 aliphatic heterocycles. The molecule has 9 nitrogen and oxygen atoms in total. The number of aliphatic hydroxyl groups is 5. The molecule has 1 aliphatic rings. The van der Waals surface area contributed by atoms with Gasteiger partial charge in [0.15, 0.2) is 6.29 Å². The van der Waals surface area contributed by atoms with Crippen LogP contribution in [0.2, 0.25) is 0 Å². The quantitative estimate of drug-likeness (QED) is 0.0268. The van der Waals surface area contributed by atoms with E-state index in [1.165, 1.54) is 141 Å². The summed E-state index contributed by atoms with van der Waals surface area (Å²) in [5.74, 6) is -0.244. The molecule has 0 spiro atoms. The van der Waals surface area contributed by atoms with Gasteiger partial charge in [-0.3, -0.25) is 4.79 Å². The molecular weight excluding hydrogens is 707 g/mol. The second-order valence-electron chi connectivity index (χ2n) is 16.2. The molecular formula is C47H87NO8. The number of hydrogen-bond acceptors (Lipinski definition) is 8. The average Bonchev–Trinajstić information content (AvgIpc) is 3.20. The molecule has 1 fully saturated rings. The zero-order valence-corrected chi connectivity index (χ0v) is 35.9. The van der Waals surface area contributed by atoms with Crippen LogP contribution in [-0.2, 0) is 14.3 Å². The van der Waals surface area contributed by atoms with Gasteiger partial charge in [-0.15, -0.1) is 0 Å². The van der Waals surface area contributed by atoms with Gasteiger partial charge in [0.1, 0.15) is 24.4 Å². The zero-order valence-electron chi connectivity index (χ0n) is 35.9. The number of aliphatic hydroxyl groups excluding tert-OH is 5. The van der Waals surface area contributed by atoms with Gasteiger partial charge in [0.05, 0.1) is 25.4 Å². The molecule has 6 N–H and O–H groups in total. The molecule has 1 saturated heterocycles. The Kier molecular flexibility index (Phi) is 35.3. The van der Waals surface area contributed by atoms with Gasteiger partial charge >= 0.3 is 0 Å². The third-order valence-electron chi connectivity index (χ3n) is 11.0. The Balaban J connectivity index is 2.37. The van der Waals surface area contributed by atoms with Crippen LogP contribution < -0.4 is 5.32 Å². The molecule has 0 aliphatic carbocycles. The summed E-state index contributed by atoms with van der Waals surface area (Å²) in [7, 11) is 0. The van der Waals surface area contributed by atoms with Crippen LogP contribution in [0.25, 0.3) is 0 Å². The van der Waals surface area contributed by atoms with Crippen LogP contribution >= 0.6 is 0 Å². The van der Waals surface area contributed by atoms with Gasteiger partial charge in [-0.05, 0) is 38.5 Å². The van der Waals surface area contributed by atoms with Crippen molar-refractivity contribution in [1.29, 1.82) is 0 Å². The minimum Gasteiger partial charge on any atom is -0.394 e. The van der Waals surface area contributed by atoms with Gasteiger partial charge in [-0.2, -0.15) is 0 Å².